The second-order valence-corrected chi connectivity index (χ2v) is 9.00. The SMILES string of the molecule is O=C(NCc1ncn2ccc(Br)c(F)c12)c1cn(Cc2cn3cc(C4CC4)ccc3n2)nn1. The van der Waals surface area contributed by atoms with E-state index in [0.717, 1.165) is 11.3 Å². The number of halogens is 2. The number of carbonyl (C=O) groups excluding carboxylic acids is 1. The second-order valence-electron chi connectivity index (χ2n) is 8.14. The molecular formula is C22H18BrFN8O. The summed E-state index contributed by atoms with van der Waals surface area (Å²) in [6, 6.07) is 5.76. The summed E-state index contributed by atoms with van der Waals surface area (Å²) in [5.41, 5.74) is 3.93. The number of fused-ring (bicyclic) bond motifs is 2. The van der Waals surface area contributed by atoms with Gasteiger partial charge in [0.25, 0.3) is 5.91 Å². The molecule has 5 heterocycles. The number of carbonyl (C=O) groups is 1. The number of hydrogen-bond donors (Lipinski definition) is 1. The highest BCUT2D eigenvalue weighted by Crippen LogP contribution is 2.39. The summed E-state index contributed by atoms with van der Waals surface area (Å²) in [7, 11) is 0. The predicted octanol–water partition coefficient (Wildman–Crippen LogP) is 3.33. The quantitative estimate of drug-likeness (QED) is 0.379. The summed E-state index contributed by atoms with van der Waals surface area (Å²) in [6.07, 6.45) is 11.4. The summed E-state index contributed by atoms with van der Waals surface area (Å²) in [5.74, 6) is -0.168. The van der Waals surface area contributed by atoms with Gasteiger partial charge < -0.3 is 14.1 Å². The Labute approximate surface area is 195 Å². The third-order valence-corrected chi connectivity index (χ3v) is 6.37. The van der Waals surface area contributed by atoms with E-state index in [1.54, 1.807) is 27.5 Å². The van der Waals surface area contributed by atoms with Crippen molar-refractivity contribution in [2.45, 2.75) is 31.8 Å². The molecule has 0 radical (unpaired) electrons. The van der Waals surface area contributed by atoms with Crippen molar-refractivity contribution in [2.75, 3.05) is 0 Å². The van der Waals surface area contributed by atoms with Crippen LogP contribution in [0, 0.1) is 5.82 Å². The Balaban J connectivity index is 1.14. The predicted molar refractivity (Wildman–Crippen MR) is 120 cm³/mol. The van der Waals surface area contributed by atoms with Crippen molar-refractivity contribution in [3.8, 4) is 0 Å². The third kappa shape index (κ3) is 3.78. The fourth-order valence-electron chi connectivity index (χ4n) is 3.91. The smallest absolute Gasteiger partial charge is 0.273 e. The van der Waals surface area contributed by atoms with Crippen LogP contribution >= 0.6 is 15.9 Å². The lowest BCUT2D eigenvalue weighted by Gasteiger charge is -2.03. The van der Waals surface area contributed by atoms with Crippen LogP contribution in [0.3, 0.4) is 0 Å². The molecule has 1 saturated carbocycles. The van der Waals surface area contributed by atoms with Crippen LogP contribution in [-0.2, 0) is 13.1 Å². The average Bonchev–Trinajstić information content (AvgIpc) is 3.23. The molecule has 1 fully saturated rings. The summed E-state index contributed by atoms with van der Waals surface area (Å²) >= 11 is 3.17. The molecule has 11 heteroatoms. The van der Waals surface area contributed by atoms with E-state index in [2.05, 4.69) is 53.8 Å². The molecule has 0 saturated heterocycles. The molecule has 9 nitrogen and oxygen atoms in total. The fourth-order valence-corrected chi connectivity index (χ4v) is 4.22. The molecular weight excluding hydrogens is 491 g/mol. The lowest BCUT2D eigenvalue weighted by Crippen LogP contribution is -2.23. The summed E-state index contributed by atoms with van der Waals surface area (Å²) in [4.78, 5) is 21.4. The van der Waals surface area contributed by atoms with Crippen molar-refractivity contribution in [1.82, 2.24) is 39.1 Å². The van der Waals surface area contributed by atoms with Gasteiger partial charge in [-0.05, 0) is 52.4 Å². The number of aromatic nitrogens is 7. The number of pyridine rings is 2. The third-order valence-electron chi connectivity index (χ3n) is 5.75. The molecule has 0 atom stereocenters. The second kappa shape index (κ2) is 7.77. The highest BCUT2D eigenvalue weighted by atomic mass is 79.9. The van der Waals surface area contributed by atoms with Crippen LogP contribution in [0.4, 0.5) is 4.39 Å². The molecule has 0 bridgehead atoms. The molecule has 1 N–H and O–H groups in total. The zero-order valence-electron chi connectivity index (χ0n) is 17.3. The maximum absolute atomic E-state index is 14.4. The molecule has 5 aromatic heterocycles. The molecule has 6 rings (SSSR count). The van der Waals surface area contributed by atoms with Crippen LogP contribution in [0.2, 0.25) is 0 Å². The molecule has 0 aromatic carbocycles. The van der Waals surface area contributed by atoms with Crippen LogP contribution < -0.4 is 5.32 Å². The van der Waals surface area contributed by atoms with Crippen molar-refractivity contribution >= 4 is 33.0 Å². The van der Waals surface area contributed by atoms with Gasteiger partial charge in [-0.25, -0.2) is 19.0 Å². The maximum atomic E-state index is 14.4. The van der Waals surface area contributed by atoms with E-state index in [1.165, 1.54) is 24.7 Å². The molecule has 0 unspecified atom stereocenters. The van der Waals surface area contributed by atoms with Crippen molar-refractivity contribution < 1.29 is 9.18 Å². The maximum Gasteiger partial charge on any atom is 0.273 e. The minimum absolute atomic E-state index is 0.0608. The van der Waals surface area contributed by atoms with Crippen LogP contribution in [0.15, 0.2) is 53.8 Å². The van der Waals surface area contributed by atoms with Gasteiger partial charge in [-0.1, -0.05) is 11.3 Å². The Bertz CT molecular complexity index is 1520. The molecule has 166 valence electrons. The molecule has 33 heavy (non-hydrogen) atoms. The first-order valence-corrected chi connectivity index (χ1v) is 11.3. The summed E-state index contributed by atoms with van der Waals surface area (Å²) < 4.78 is 19.9. The molecule has 0 spiro atoms. The zero-order valence-corrected chi connectivity index (χ0v) is 18.9. The number of rotatable bonds is 6. The Hall–Kier alpha value is -3.60. The van der Waals surface area contributed by atoms with Gasteiger partial charge in [0.2, 0.25) is 0 Å². The highest BCUT2D eigenvalue weighted by molar-refractivity contribution is 9.10. The van der Waals surface area contributed by atoms with E-state index in [-0.39, 0.29) is 12.2 Å². The summed E-state index contributed by atoms with van der Waals surface area (Å²) in [5, 5.41) is 10.7. The monoisotopic (exact) mass is 508 g/mol. The van der Waals surface area contributed by atoms with E-state index >= 15 is 0 Å². The van der Waals surface area contributed by atoms with Crippen molar-refractivity contribution in [2.24, 2.45) is 0 Å². The van der Waals surface area contributed by atoms with Crippen molar-refractivity contribution in [1.29, 1.82) is 0 Å². The van der Waals surface area contributed by atoms with Gasteiger partial charge in [-0.3, -0.25) is 4.79 Å². The van der Waals surface area contributed by atoms with Crippen LogP contribution in [0.1, 0.15) is 46.2 Å². The van der Waals surface area contributed by atoms with E-state index in [4.69, 9.17) is 0 Å². The number of hydrogen-bond acceptors (Lipinski definition) is 5. The van der Waals surface area contributed by atoms with E-state index < -0.39 is 11.7 Å². The van der Waals surface area contributed by atoms with Gasteiger partial charge in [-0.15, -0.1) is 5.10 Å². The Kier molecular flexibility index (Phi) is 4.72. The van der Waals surface area contributed by atoms with Crippen LogP contribution in [0.25, 0.3) is 11.2 Å². The lowest BCUT2D eigenvalue weighted by atomic mass is 10.2. The van der Waals surface area contributed by atoms with Gasteiger partial charge in [0.05, 0.1) is 41.5 Å². The largest absolute Gasteiger partial charge is 0.345 e. The topological polar surface area (TPSA) is 94.4 Å². The zero-order chi connectivity index (χ0) is 22.5. The van der Waals surface area contributed by atoms with E-state index in [1.807, 2.05) is 16.7 Å². The first-order chi connectivity index (χ1) is 16.0. The van der Waals surface area contributed by atoms with Crippen molar-refractivity contribution in [3.05, 3.63) is 82.2 Å². The molecule has 0 aliphatic heterocycles. The first kappa shape index (κ1) is 20.0. The Morgan fingerprint density at radius 2 is 2.06 bits per heavy atom. The van der Waals surface area contributed by atoms with Gasteiger partial charge in [0.1, 0.15) is 11.2 Å². The van der Waals surface area contributed by atoms with Crippen molar-refractivity contribution in [3.63, 3.8) is 0 Å². The molecule has 1 amide bonds. The number of amides is 1. The Morgan fingerprint density at radius 3 is 2.91 bits per heavy atom. The van der Waals surface area contributed by atoms with Gasteiger partial charge in [-0.2, -0.15) is 0 Å². The van der Waals surface area contributed by atoms with Gasteiger partial charge in [0.15, 0.2) is 11.5 Å². The average molecular weight is 509 g/mol. The van der Waals surface area contributed by atoms with Crippen LogP contribution in [0.5, 0.6) is 0 Å². The first-order valence-electron chi connectivity index (χ1n) is 10.5. The number of nitrogens with one attached hydrogen (secondary N) is 1. The molecule has 1 aliphatic carbocycles. The summed E-state index contributed by atoms with van der Waals surface area (Å²) in [6.45, 7) is 0.455. The normalized spacial score (nSPS) is 13.8. The van der Waals surface area contributed by atoms with E-state index in [0.29, 0.717) is 28.1 Å². The minimum Gasteiger partial charge on any atom is -0.345 e. The lowest BCUT2D eigenvalue weighted by molar-refractivity contribution is 0.0945. The Morgan fingerprint density at radius 1 is 1.18 bits per heavy atom. The van der Waals surface area contributed by atoms with Gasteiger partial charge in [0, 0.05) is 18.6 Å². The van der Waals surface area contributed by atoms with E-state index in [9.17, 15) is 9.18 Å². The van der Waals surface area contributed by atoms with Crippen LogP contribution in [-0.4, -0.2) is 39.7 Å². The number of imidazole rings is 2. The highest BCUT2D eigenvalue weighted by Gasteiger charge is 2.24. The number of nitrogens with zero attached hydrogens (tertiary/aromatic N) is 7. The standard InChI is InChI=1S/C22H18BrFN8O/c23-16-5-6-30-12-26-17(21(30)20(16)24)7-25-22(33)18-11-32(29-28-18)10-15-9-31-8-14(13-1-2-13)3-4-19(31)27-15/h3-6,8-9,11-13H,1-2,7,10H2,(H,25,33). The molecule has 1 aliphatic rings. The molecule has 5 aromatic rings. The van der Waals surface area contributed by atoms with Gasteiger partial charge >= 0.3 is 0 Å². The minimum atomic E-state index is -0.429. The fraction of sp³-hybridized carbons (Fsp3) is 0.227.